The minimum atomic E-state index is 0.236. The van der Waals surface area contributed by atoms with Gasteiger partial charge < -0.3 is 14.4 Å². The fraction of sp³-hybridized carbons (Fsp3) is 0.588. The summed E-state index contributed by atoms with van der Waals surface area (Å²) in [5.41, 5.74) is 0.993. The van der Waals surface area contributed by atoms with Gasteiger partial charge in [0.05, 0.1) is 19.6 Å². The Balaban J connectivity index is 1.69. The van der Waals surface area contributed by atoms with Gasteiger partial charge in [-0.05, 0) is 38.0 Å². The minimum absolute atomic E-state index is 0.236. The molecule has 2 unspecified atom stereocenters. The first-order valence-corrected chi connectivity index (χ1v) is 9.05. The van der Waals surface area contributed by atoms with Crippen molar-refractivity contribution in [2.24, 2.45) is 0 Å². The Hall–Kier alpha value is -1.36. The Kier molecular flexibility index (Phi) is 4.81. The number of hydrogen-bond acceptors (Lipinski definition) is 4. The highest BCUT2D eigenvalue weighted by molar-refractivity contribution is 8.00. The average Bonchev–Trinajstić information content (AvgIpc) is 3.13. The van der Waals surface area contributed by atoms with Crippen molar-refractivity contribution in [3.63, 3.8) is 0 Å². The zero-order chi connectivity index (χ0) is 15.5. The lowest BCUT2D eigenvalue weighted by molar-refractivity contribution is -0.130. The zero-order valence-corrected chi connectivity index (χ0v) is 14.0. The minimum Gasteiger partial charge on any atom is -0.490 e. The van der Waals surface area contributed by atoms with Crippen LogP contribution in [0.15, 0.2) is 18.2 Å². The predicted molar refractivity (Wildman–Crippen MR) is 88.8 cm³/mol. The van der Waals surface area contributed by atoms with E-state index in [2.05, 4.69) is 4.90 Å². The Morgan fingerprint density at radius 2 is 2.05 bits per heavy atom. The smallest absolute Gasteiger partial charge is 0.227 e. The Morgan fingerprint density at radius 3 is 2.68 bits per heavy atom. The first-order chi connectivity index (χ1) is 10.7. The van der Waals surface area contributed by atoms with Gasteiger partial charge in [0.15, 0.2) is 11.5 Å². The molecule has 0 aromatic heterocycles. The fourth-order valence-corrected chi connectivity index (χ4v) is 4.62. The maximum absolute atomic E-state index is 12.5. The molecule has 0 spiro atoms. The zero-order valence-electron chi connectivity index (χ0n) is 13.2. The van der Waals surface area contributed by atoms with E-state index in [1.807, 2.05) is 43.8 Å². The van der Waals surface area contributed by atoms with Gasteiger partial charge in [-0.2, -0.15) is 11.8 Å². The summed E-state index contributed by atoms with van der Waals surface area (Å²) in [7, 11) is 0. The summed E-state index contributed by atoms with van der Waals surface area (Å²) in [6.45, 7) is 6.01. The van der Waals surface area contributed by atoms with Gasteiger partial charge in [-0.1, -0.05) is 6.07 Å². The normalized spacial score (nSPS) is 22.9. The lowest BCUT2D eigenvalue weighted by Gasteiger charge is -2.26. The monoisotopic (exact) mass is 321 g/mol. The maximum atomic E-state index is 12.5. The number of likely N-dealkylation sites (tertiary alicyclic amines) is 1. The van der Waals surface area contributed by atoms with Crippen LogP contribution in [-0.2, 0) is 11.2 Å². The number of carbonyl (C=O) groups is 1. The van der Waals surface area contributed by atoms with Crippen LogP contribution in [0.3, 0.4) is 0 Å². The molecule has 22 heavy (non-hydrogen) atoms. The molecular weight excluding hydrogens is 298 g/mol. The topological polar surface area (TPSA) is 38.8 Å². The quantitative estimate of drug-likeness (QED) is 0.807. The van der Waals surface area contributed by atoms with E-state index in [1.54, 1.807) is 0 Å². The number of carbonyl (C=O) groups excluding carboxylic acids is 1. The van der Waals surface area contributed by atoms with Gasteiger partial charge in [0, 0.05) is 23.6 Å². The lowest BCUT2D eigenvalue weighted by atomic mass is 10.1. The molecule has 1 amide bonds. The van der Waals surface area contributed by atoms with Gasteiger partial charge in [-0.3, -0.25) is 4.79 Å². The van der Waals surface area contributed by atoms with Gasteiger partial charge in [0.2, 0.25) is 5.91 Å². The van der Waals surface area contributed by atoms with E-state index in [0.717, 1.165) is 29.4 Å². The molecule has 0 saturated carbocycles. The molecule has 2 aliphatic rings. The molecule has 2 aliphatic heterocycles. The van der Waals surface area contributed by atoms with Crippen LogP contribution in [0.4, 0.5) is 0 Å². The Labute approximate surface area is 136 Å². The fourth-order valence-electron chi connectivity index (χ4n) is 3.19. The van der Waals surface area contributed by atoms with Crippen LogP contribution >= 0.6 is 11.8 Å². The summed E-state index contributed by atoms with van der Waals surface area (Å²) >= 11 is 2.01. The van der Waals surface area contributed by atoms with Crippen LogP contribution in [0, 0.1) is 0 Å². The molecule has 0 aliphatic carbocycles. The molecule has 2 saturated heterocycles. The van der Waals surface area contributed by atoms with E-state index in [1.165, 1.54) is 6.42 Å². The number of nitrogens with zero attached hydrogens (tertiary/aromatic N) is 1. The summed E-state index contributed by atoms with van der Waals surface area (Å²) in [6.07, 6.45) is 1.62. The van der Waals surface area contributed by atoms with Crippen LogP contribution in [0.25, 0.3) is 0 Å². The highest BCUT2D eigenvalue weighted by atomic mass is 32.2. The molecule has 120 valence electrons. The maximum Gasteiger partial charge on any atom is 0.227 e. The number of fused-ring (bicyclic) bond motifs is 2. The van der Waals surface area contributed by atoms with E-state index in [4.69, 9.17) is 9.47 Å². The number of ether oxygens (including phenoxy) is 2. The van der Waals surface area contributed by atoms with Crippen molar-refractivity contribution >= 4 is 17.7 Å². The van der Waals surface area contributed by atoms with Gasteiger partial charge in [-0.15, -0.1) is 0 Å². The van der Waals surface area contributed by atoms with Crippen molar-refractivity contribution in [3.05, 3.63) is 23.8 Å². The number of benzene rings is 1. The third-order valence-corrected chi connectivity index (χ3v) is 5.57. The molecule has 1 aromatic carbocycles. The molecule has 0 N–H and O–H groups in total. The summed E-state index contributed by atoms with van der Waals surface area (Å²) in [5, 5.41) is 0.660. The summed E-state index contributed by atoms with van der Waals surface area (Å²) in [4.78, 5) is 14.6. The van der Waals surface area contributed by atoms with Crippen LogP contribution in [-0.4, -0.2) is 47.6 Å². The molecular formula is C17H23NO3S. The second-order valence-corrected chi connectivity index (χ2v) is 7.05. The van der Waals surface area contributed by atoms with Crippen molar-refractivity contribution in [1.29, 1.82) is 0 Å². The Bertz CT molecular complexity index is 549. The molecule has 2 bridgehead atoms. The molecule has 4 nitrogen and oxygen atoms in total. The third kappa shape index (κ3) is 3.19. The summed E-state index contributed by atoms with van der Waals surface area (Å²) in [5.74, 6) is 2.81. The van der Waals surface area contributed by atoms with E-state index in [9.17, 15) is 4.79 Å². The van der Waals surface area contributed by atoms with Crippen molar-refractivity contribution < 1.29 is 14.3 Å². The number of rotatable bonds is 6. The second-order valence-electron chi connectivity index (χ2n) is 5.71. The molecule has 0 radical (unpaired) electrons. The van der Waals surface area contributed by atoms with E-state index in [-0.39, 0.29) is 5.91 Å². The molecule has 1 aromatic rings. The van der Waals surface area contributed by atoms with Gasteiger partial charge in [0.25, 0.3) is 0 Å². The molecule has 2 atom stereocenters. The number of hydrogen-bond donors (Lipinski definition) is 0. The van der Waals surface area contributed by atoms with Crippen molar-refractivity contribution in [1.82, 2.24) is 4.90 Å². The lowest BCUT2D eigenvalue weighted by Crippen LogP contribution is -2.40. The molecule has 3 rings (SSSR count). The number of thioether (sulfide) groups is 1. The van der Waals surface area contributed by atoms with Gasteiger partial charge in [-0.25, -0.2) is 0 Å². The van der Waals surface area contributed by atoms with Gasteiger partial charge >= 0.3 is 0 Å². The van der Waals surface area contributed by atoms with Crippen molar-refractivity contribution in [3.8, 4) is 11.5 Å². The van der Waals surface area contributed by atoms with E-state index in [0.29, 0.717) is 30.9 Å². The average molecular weight is 321 g/mol. The number of amides is 1. The standard InChI is InChI=1S/C17H23NO3S/c1-3-20-15-6-5-12(7-16(15)21-4-2)8-17(19)18-10-14-9-13(18)11-22-14/h5-7,13-14H,3-4,8-11H2,1-2H3. The predicted octanol–water partition coefficient (Wildman–Crippen LogP) is 2.74. The highest BCUT2D eigenvalue weighted by Gasteiger charge is 2.40. The Morgan fingerprint density at radius 1 is 1.27 bits per heavy atom. The first-order valence-electron chi connectivity index (χ1n) is 8.00. The van der Waals surface area contributed by atoms with Crippen molar-refractivity contribution in [2.75, 3.05) is 25.5 Å². The third-order valence-electron chi connectivity index (χ3n) is 4.18. The molecule has 2 fully saturated rings. The highest BCUT2D eigenvalue weighted by Crippen LogP contribution is 2.37. The molecule has 5 heteroatoms. The van der Waals surface area contributed by atoms with E-state index < -0.39 is 0 Å². The van der Waals surface area contributed by atoms with Crippen molar-refractivity contribution in [2.45, 2.75) is 38.0 Å². The van der Waals surface area contributed by atoms with Crippen LogP contribution < -0.4 is 9.47 Å². The molecule has 2 heterocycles. The van der Waals surface area contributed by atoms with Crippen LogP contribution in [0.1, 0.15) is 25.8 Å². The van der Waals surface area contributed by atoms with Gasteiger partial charge in [0.1, 0.15) is 0 Å². The van der Waals surface area contributed by atoms with Crippen LogP contribution in [0.2, 0.25) is 0 Å². The van der Waals surface area contributed by atoms with Crippen LogP contribution in [0.5, 0.6) is 11.5 Å². The first kappa shape index (κ1) is 15.5. The largest absolute Gasteiger partial charge is 0.490 e. The van der Waals surface area contributed by atoms with E-state index >= 15 is 0 Å². The second kappa shape index (κ2) is 6.82. The summed E-state index contributed by atoms with van der Waals surface area (Å²) in [6, 6.07) is 6.27. The summed E-state index contributed by atoms with van der Waals surface area (Å²) < 4.78 is 11.2. The SMILES string of the molecule is CCOc1ccc(CC(=O)N2CC3CC2CS3)cc1OCC.